The van der Waals surface area contributed by atoms with Crippen LogP contribution in [-0.4, -0.2) is 17.0 Å². The molecule has 1 aliphatic heterocycles. The largest absolute Gasteiger partial charge is 0.316 e. The maximum atomic E-state index is 5.33. The summed E-state index contributed by atoms with van der Waals surface area (Å²) in [5.41, 5.74) is 11.9. The van der Waals surface area contributed by atoms with Crippen molar-refractivity contribution in [2.24, 2.45) is 9.98 Å². The van der Waals surface area contributed by atoms with Crippen molar-refractivity contribution in [3.63, 3.8) is 0 Å². The fourth-order valence-corrected chi connectivity index (χ4v) is 8.30. The van der Waals surface area contributed by atoms with Crippen molar-refractivity contribution in [3.05, 3.63) is 235 Å². The molecule has 4 nitrogen and oxygen atoms in total. The Morgan fingerprint density at radius 2 is 1.19 bits per heavy atom. The van der Waals surface area contributed by atoms with Gasteiger partial charge < -0.3 is 9.47 Å². The van der Waals surface area contributed by atoms with Crippen LogP contribution in [0.3, 0.4) is 0 Å². The molecule has 0 bridgehead atoms. The lowest BCUT2D eigenvalue weighted by molar-refractivity contribution is 1.07. The van der Waals surface area contributed by atoms with Crippen LogP contribution in [-0.2, 0) is 6.54 Å². The Morgan fingerprint density at radius 1 is 0.559 bits per heavy atom. The van der Waals surface area contributed by atoms with Crippen LogP contribution >= 0.6 is 0 Å². The van der Waals surface area contributed by atoms with Gasteiger partial charge in [-0.15, -0.1) is 0 Å². The van der Waals surface area contributed by atoms with E-state index in [2.05, 4.69) is 223 Å². The smallest absolute Gasteiger partial charge is 0.0717 e. The van der Waals surface area contributed by atoms with Gasteiger partial charge in [0.25, 0.3) is 0 Å². The van der Waals surface area contributed by atoms with E-state index in [-0.39, 0.29) is 0 Å². The monoisotopic (exact) mass is 756 g/mol. The quantitative estimate of drug-likeness (QED) is 0.142. The van der Waals surface area contributed by atoms with Crippen LogP contribution in [0.5, 0.6) is 0 Å². The zero-order valence-electron chi connectivity index (χ0n) is 32.5. The first kappa shape index (κ1) is 35.6. The summed E-state index contributed by atoms with van der Waals surface area (Å²) < 4.78 is 2.36. The van der Waals surface area contributed by atoms with Crippen molar-refractivity contribution < 1.29 is 0 Å². The number of benzene rings is 8. The second-order valence-corrected chi connectivity index (χ2v) is 14.9. The van der Waals surface area contributed by atoms with Crippen molar-refractivity contribution in [3.8, 4) is 5.69 Å². The molecule has 0 saturated heterocycles. The number of hydrogen-bond acceptors (Lipinski definition) is 3. The molecule has 280 valence electrons. The minimum atomic E-state index is 0.507. The molecule has 0 aliphatic carbocycles. The third kappa shape index (κ3) is 6.77. The van der Waals surface area contributed by atoms with Crippen LogP contribution in [0.15, 0.2) is 223 Å². The predicted octanol–water partition coefficient (Wildman–Crippen LogP) is 14.1. The molecule has 8 aromatic carbocycles. The minimum Gasteiger partial charge on any atom is -0.316 e. The lowest BCUT2D eigenvalue weighted by Crippen LogP contribution is -2.12. The first-order chi connectivity index (χ1) is 29.1. The molecule has 0 fully saturated rings. The predicted molar refractivity (Wildman–Crippen MR) is 252 cm³/mol. The van der Waals surface area contributed by atoms with Crippen molar-refractivity contribution >= 4 is 78.4 Å². The van der Waals surface area contributed by atoms with Gasteiger partial charge in [0.1, 0.15) is 0 Å². The van der Waals surface area contributed by atoms with Crippen LogP contribution in [0, 0.1) is 0 Å². The van der Waals surface area contributed by atoms with Crippen LogP contribution in [0.4, 0.5) is 11.4 Å². The number of rotatable bonds is 8. The fourth-order valence-electron chi connectivity index (χ4n) is 8.30. The van der Waals surface area contributed by atoms with Crippen molar-refractivity contribution in [2.75, 3.05) is 4.90 Å². The highest BCUT2D eigenvalue weighted by molar-refractivity contribution is 6.14. The number of anilines is 2. The van der Waals surface area contributed by atoms with E-state index in [1.165, 1.54) is 26.9 Å². The van der Waals surface area contributed by atoms with Crippen LogP contribution in [0.25, 0.3) is 60.3 Å². The molecule has 0 N–H and O–H groups in total. The maximum absolute atomic E-state index is 5.33. The molecule has 0 atom stereocenters. The third-order valence-corrected chi connectivity index (χ3v) is 11.2. The molecule has 59 heavy (non-hydrogen) atoms. The minimum absolute atomic E-state index is 0.507. The summed E-state index contributed by atoms with van der Waals surface area (Å²) in [7, 11) is 0. The van der Waals surface area contributed by atoms with E-state index < -0.39 is 0 Å². The highest BCUT2D eigenvalue weighted by atomic mass is 15.1. The van der Waals surface area contributed by atoms with Gasteiger partial charge in [-0.25, -0.2) is 0 Å². The van der Waals surface area contributed by atoms with Crippen LogP contribution in [0.1, 0.15) is 22.3 Å². The molecule has 4 heteroatoms. The van der Waals surface area contributed by atoms with Gasteiger partial charge in [0.2, 0.25) is 0 Å². The highest BCUT2D eigenvalue weighted by Crippen LogP contribution is 2.39. The fraction of sp³-hybridized carbons (Fsp3) is 0.0182. The van der Waals surface area contributed by atoms with Gasteiger partial charge >= 0.3 is 0 Å². The van der Waals surface area contributed by atoms with E-state index >= 15 is 0 Å². The second kappa shape index (κ2) is 15.3. The topological polar surface area (TPSA) is 32.9 Å². The molecule has 1 aromatic heterocycles. The summed E-state index contributed by atoms with van der Waals surface area (Å²) >= 11 is 0. The Bertz CT molecular complexity index is 3190. The molecular weight excluding hydrogens is 717 g/mol. The van der Waals surface area contributed by atoms with Crippen molar-refractivity contribution in [1.82, 2.24) is 4.57 Å². The number of fused-ring (bicyclic) bond motifs is 6. The molecule has 2 heterocycles. The number of aromatic nitrogens is 1. The van der Waals surface area contributed by atoms with Gasteiger partial charge in [0.15, 0.2) is 0 Å². The summed E-state index contributed by atoms with van der Waals surface area (Å²) in [6.45, 7) is 9.08. The van der Waals surface area contributed by atoms with E-state index in [4.69, 9.17) is 9.98 Å². The highest BCUT2D eigenvalue weighted by Gasteiger charge is 2.19. The molecule has 9 aromatic rings. The van der Waals surface area contributed by atoms with Crippen LogP contribution < -0.4 is 4.90 Å². The molecule has 0 saturated carbocycles. The maximum Gasteiger partial charge on any atom is 0.0717 e. The lowest BCUT2D eigenvalue weighted by atomic mass is 10.00. The number of allylic oxidation sites excluding steroid dienone is 5. The van der Waals surface area contributed by atoms with E-state index in [9.17, 15) is 0 Å². The molecular formula is C55H40N4. The lowest BCUT2D eigenvalue weighted by Gasteiger charge is -2.26. The first-order valence-corrected chi connectivity index (χ1v) is 19.9. The van der Waals surface area contributed by atoms with Gasteiger partial charge in [-0.05, 0) is 100 Å². The van der Waals surface area contributed by atoms with E-state index in [0.29, 0.717) is 12.2 Å². The van der Waals surface area contributed by atoms with Gasteiger partial charge in [-0.1, -0.05) is 146 Å². The number of hydrogen-bond donors (Lipinski definition) is 0. The molecule has 10 rings (SSSR count). The Morgan fingerprint density at radius 3 is 1.93 bits per heavy atom. The Hall–Kier alpha value is -7.82. The summed E-state index contributed by atoms with van der Waals surface area (Å²) in [4.78, 5) is 12.3. The number of aliphatic imine (C=N–C) groups is 2. The summed E-state index contributed by atoms with van der Waals surface area (Å²) in [6.07, 6.45) is 10.4. The normalized spacial score (nSPS) is 14.4. The number of para-hydroxylation sites is 3. The van der Waals surface area contributed by atoms with Crippen molar-refractivity contribution in [2.45, 2.75) is 6.54 Å². The first-order valence-electron chi connectivity index (χ1n) is 19.9. The standard InChI is InChI=1S/C55H40N4/c1-38-15-13-14-30-58(53-23-10-7-20-48(38)53)46-33-45(34-47(35-46)59-54-24-11-8-21-49(54)50-22-9-12-25-55(50)59)51(56-2)36-52(44-29-28-41-17-4-6-19-43(41)32-44)57-37-39-26-27-40-16-3-5-18-42(40)31-39/h3-36H,1-2,37H2/b15-13-,30-14-,51-36-,57-52+. The summed E-state index contributed by atoms with van der Waals surface area (Å²) in [5, 5.41) is 7.14. The summed E-state index contributed by atoms with van der Waals surface area (Å²) in [6, 6.07) is 62.3. The second-order valence-electron chi connectivity index (χ2n) is 14.9. The van der Waals surface area contributed by atoms with E-state index in [1.807, 2.05) is 6.08 Å². The van der Waals surface area contributed by atoms with E-state index in [0.717, 1.165) is 67.0 Å². The average Bonchev–Trinajstić information content (AvgIpc) is 3.62. The molecule has 0 spiro atoms. The van der Waals surface area contributed by atoms with Gasteiger partial charge in [0, 0.05) is 45.0 Å². The molecule has 0 unspecified atom stereocenters. The van der Waals surface area contributed by atoms with Crippen LogP contribution in [0.2, 0.25) is 0 Å². The Kier molecular flexibility index (Phi) is 9.20. The Balaban J connectivity index is 1.19. The number of nitrogens with zero attached hydrogens (tertiary/aromatic N) is 4. The molecule has 1 aliphatic rings. The zero-order valence-corrected chi connectivity index (χ0v) is 32.5. The molecule has 0 amide bonds. The SMILES string of the molecule is C=N/C(=C\C(=N/Cc1ccc2ccccc2c1)c1ccc2ccccc2c1)c1cc(N2/C=C\C=C/C(=C)c3ccccc32)cc(-n2c3ccccc3c3ccccc32)c1. The summed E-state index contributed by atoms with van der Waals surface area (Å²) in [5.74, 6) is 0. The Labute approximate surface area is 344 Å². The van der Waals surface area contributed by atoms with Gasteiger partial charge in [-0.3, -0.25) is 9.98 Å². The van der Waals surface area contributed by atoms with Gasteiger partial charge in [0.05, 0.1) is 34.7 Å². The molecule has 0 radical (unpaired) electrons. The third-order valence-electron chi connectivity index (χ3n) is 11.2. The average molecular weight is 757 g/mol. The van der Waals surface area contributed by atoms with E-state index in [1.54, 1.807) is 0 Å². The zero-order chi connectivity index (χ0) is 39.7. The van der Waals surface area contributed by atoms with Gasteiger partial charge in [-0.2, -0.15) is 0 Å². The van der Waals surface area contributed by atoms with Crippen molar-refractivity contribution in [1.29, 1.82) is 0 Å².